The van der Waals surface area contributed by atoms with Gasteiger partial charge in [0.25, 0.3) is 0 Å². The number of nitrogens with zero attached hydrogens (tertiary/aromatic N) is 3. The number of hydrogen-bond acceptors (Lipinski definition) is 5. The highest BCUT2D eigenvalue weighted by atomic mass is 79.9. The molecule has 7 nitrogen and oxygen atoms in total. The highest BCUT2D eigenvalue weighted by Gasteiger charge is 2.19. The summed E-state index contributed by atoms with van der Waals surface area (Å²) in [6, 6.07) is 9.12. The van der Waals surface area contributed by atoms with Gasteiger partial charge in [0.05, 0.1) is 6.04 Å². The van der Waals surface area contributed by atoms with E-state index in [1.54, 1.807) is 16.8 Å². The van der Waals surface area contributed by atoms with Crippen LogP contribution >= 0.6 is 15.9 Å². The number of hydrogen-bond donors (Lipinski definition) is 2. The molecule has 124 valence electrons. The summed E-state index contributed by atoms with van der Waals surface area (Å²) in [5.74, 6) is 0.990. The van der Waals surface area contributed by atoms with Crippen LogP contribution in [0.1, 0.15) is 24.4 Å². The number of fused-ring (bicyclic) bond motifs is 1. The third-order valence-electron chi connectivity index (χ3n) is 3.50. The van der Waals surface area contributed by atoms with Crippen LogP contribution in [0.2, 0.25) is 0 Å². The number of imidazole rings is 1. The van der Waals surface area contributed by atoms with Crippen LogP contribution in [0.4, 0.5) is 10.6 Å². The van der Waals surface area contributed by atoms with E-state index in [1.165, 1.54) is 0 Å². The second-order valence-electron chi connectivity index (χ2n) is 5.22. The molecule has 0 radical (unpaired) electrons. The first-order valence-electron chi connectivity index (χ1n) is 7.31. The zero-order chi connectivity index (χ0) is 17.1. The molecule has 0 bridgehead atoms. The smallest absolute Gasteiger partial charge is 0.408 e. The summed E-state index contributed by atoms with van der Waals surface area (Å²) < 4.78 is 7.59. The number of carbonyl (C=O) groups excluding carboxylic acids is 1. The molecular formula is C16H16BrN5O2. The van der Waals surface area contributed by atoms with Crippen LogP contribution in [0.25, 0.3) is 5.52 Å². The number of anilines is 1. The van der Waals surface area contributed by atoms with Crippen LogP contribution in [0, 0.1) is 0 Å². The Bertz CT molecular complexity index is 866. The van der Waals surface area contributed by atoms with Crippen LogP contribution in [0.5, 0.6) is 0 Å². The number of amides is 1. The molecular weight excluding hydrogens is 374 g/mol. The van der Waals surface area contributed by atoms with E-state index in [9.17, 15) is 4.79 Å². The molecule has 1 aromatic carbocycles. The maximum absolute atomic E-state index is 12.0. The monoisotopic (exact) mass is 389 g/mol. The van der Waals surface area contributed by atoms with E-state index in [1.807, 2.05) is 37.3 Å². The predicted molar refractivity (Wildman–Crippen MR) is 93.3 cm³/mol. The number of ether oxygens (including phenoxy) is 1. The third kappa shape index (κ3) is 3.33. The number of aromatic nitrogens is 3. The predicted octanol–water partition coefficient (Wildman–Crippen LogP) is 3.06. The van der Waals surface area contributed by atoms with E-state index in [0.717, 1.165) is 5.56 Å². The summed E-state index contributed by atoms with van der Waals surface area (Å²) in [4.78, 5) is 20.4. The van der Waals surface area contributed by atoms with Crippen molar-refractivity contribution in [2.75, 3.05) is 5.73 Å². The molecule has 0 saturated carbocycles. The topological polar surface area (TPSA) is 94.5 Å². The van der Waals surface area contributed by atoms with Gasteiger partial charge in [-0.05, 0) is 28.4 Å². The number of alkyl carbamates (subject to hydrolysis) is 1. The molecule has 0 aliphatic rings. The van der Waals surface area contributed by atoms with Crippen LogP contribution < -0.4 is 11.1 Å². The van der Waals surface area contributed by atoms with Gasteiger partial charge in [-0.2, -0.15) is 0 Å². The fourth-order valence-electron chi connectivity index (χ4n) is 2.35. The molecule has 2 aromatic heterocycles. The molecule has 1 atom stereocenters. The highest BCUT2D eigenvalue weighted by Crippen LogP contribution is 2.25. The first kappa shape index (κ1) is 16.3. The molecule has 0 aliphatic heterocycles. The van der Waals surface area contributed by atoms with Gasteiger partial charge in [-0.1, -0.05) is 30.3 Å². The van der Waals surface area contributed by atoms with Gasteiger partial charge in [0, 0.05) is 12.4 Å². The Labute approximate surface area is 147 Å². The Kier molecular flexibility index (Phi) is 4.66. The Morgan fingerprint density at radius 1 is 1.42 bits per heavy atom. The van der Waals surface area contributed by atoms with Crippen LogP contribution in [-0.4, -0.2) is 20.5 Å². The number of carbonyl (C=O) groups is 1. The largest absolute Gasteiger partial charge is 0.445 e. The summed E-state index contributed by atoms with van der Waals surface area (Å²) in [6.45, 7) is 2.03. The van der Waals surface area contributed by atoms with Crippen molar-refractivity contribution in [3.8, 4) is 0 Å². The number of benzene rings is 1. The van der Waals surface area contributed by atoms with Gasteiger partial charge in [-0.3, -0.25) is 4.40 Å². The maximum atomic E-state index is 12.0. The molecule has 1 unspecified atom stereocenters. The second kappa shape index (κ2) is 6.88. The van der Waals surface area contributed by atoms with Crippen LogP contribution in [0.3, 0.4) is 0 Å². The lowest BCUT2D eigenvalue weighted by Crippen LogP contribution is -2.28. The van der Waals surface area contributed by atoms with Crippen molar-refractivity contribution in [1.82, 2.24) is 19.7 Å². The quantitative estimate of drug-likeness (QED) is 0.714. The van der Waals surface area contributed by atoms with Crippen molar-refractivity contribution in [3.05, 3.63) is 58.7 Å². The summed E-state index contributed by atoms with van der Waals surface area (Å²) in [6.07, 6.45) is 2.81. The zero-order valence-electron chi connectivity index (χ0n) is 12.9. The minimum atomic E-state index is -0.513. The van der Waals surface area contributed by atoms with Crippen molar-refractivity contribution in [2.45, 2.75) is 19.6 Å². The van der Waals surface area contributed by atoms with Crippen LogP contribution in [0.15, 0.2) is 47.3 Å². The van der Waals surface area contributed by atoms with E-state index in [2.05, 4.69) is 31.2 Å². The minimum Gasteiger partial charge on any atom is -0.445 e. The Hall–Kier alpha value is -2.61. The summed E-state index contributed by atoms with van der Waals surface area (Å²) in [5.41, 5.74) is 7.46. The lowest BCUT2D eigenvalue weighted by molar-refractivity contribution is 0.136. The fourth-order valence-corrected chi connectivity index (χ4v) is 2.93. The number of halogens is 1. The average molecular weight is 390 g/mol. The van der Waals surface area contributed by atoms with Gasteiger partial charge < -0.3 is 15.8 Å². The molecule has 3 N–H and O–H groups in total. The molecule has 0 spiro atoms. The minimum absolute atomic E-state index is 0.211. The molecule has 24 heavy (non-hydrogen) atoms. The number of rotatable bonds is 4. The standard InChI is InChI=1S/C16H16BrN5O2/c1-10(20-16(23)24-9-11-5-3-2-4-6-11)15-21-13(17)12-14(18)19-7-8-22(12)15/h2-8,10H,9H2,1H3,(H2,18,19)(H,20,23). The average Bonchev–Trinajstić information content (AvgIpc) is 2.92. The first-order valence-corrected chi connectivity index (χ1v) is 8.10. The lowest BCUT2D eigenvalue weighted by Gasteiger charge is -2.13. The van der Waals surface area contributed by atoms with Crippen molar-refractivity contribution in [2.24, 2.45) is 0 Å². The van der Waals surface area contributed by atoms with E-state index < -0.39 is 6.09 Å². The number of nitrogen functional groups attached to an aromatic ring is 1. The second-order valence-corrected chi connectivity index (χ2v) is 5.97. The van der Waals surface area contributed by atoms with Gasteiger partial charge >= 0.3 is 6.09 Å². The summed E-state index contributed by atoms with van der Waals surface area (Å²) in [7, 11) is 0. The molecule has 3 aromatic rings. The summed E-state index contributed by atoms with van der Waals surface area (Å²) in [5, 5.41) is 2.76. The van der Waals surface area contributed by atoms with E-state index >= 15 is 0 Å². The normalized spacial score (nSPS) is 12.1. The van der Waals surface area contributed by atoms with Crippen molar-refractivity contribution in [3.63, 3.8) is 0 Å². The maximum Gasteiger partial charge on any atom is 0.408 e. The zero-order valence-corrected chi connectivity index (χ0v) is 14.5. The Morgan fingerprint density at radius 3 is 2.92 bits per heavy atom. The number of nitrogens with one attached hydrogen (secondary N) is 1. The van der Waals surface area contributed by atoms with Crippen molar-refractivity contribution in [1.29, 1.82) is 0 Å². The van der Waals surface area contributed by atoms with Gasteiger partial charge in [0.2, 0.25) is 0 Å². The molecule has 0 aliphatic carbocycles. The molecule has 1 amide bonds. The highest BCUT2D eigenvalue weighted by molar-refractivity contribution is 9.10. The first-order chi connectivity index (χ1) is 11.6. The van der Waals surface area contributed by atoms with E-state index in [-0.39, 0.29) is 12.6 Å². The SMILES string of the molecule is CC(NC(=O)OCc1ccccc1)c1nc(Br)c2c(N)nccn12. The van der Waals surface area contributed by atoms with Gasteiger partial charge in [0.1, 0.15) is 22.6 Å². The fraction of sp³-hybridized carbons (Fsp3) is 0.188. The Morgan fingerprint density at radius 2 is 2.17 bits per heavy atom. The van der Waals surface area contributed by atoms with Gasteiger partial charge in [0.15, 0.2) is 5.82 Å². The molecule has 0 fully saturated rings. The van der Waals surface area contributed by atoms with E-state index in [0.29, 0.717) is 21.8 Å². The van der Waals surface area contributed by atoms with Gasteiger partial charge in [-0.15, -0.1) is 0 Å². The lowest BCUT2D eigenvalue weighted by atomic mass is 10.2. The Balaban J connectivity index is 1.70. The third-order valence-corrected chi connectivity index (χ3v) is 4.06. The van der Waals surface area contributed by atoms with Crippen molar-refractivity contribution >= 4 is 33.4 Å². The van der Waals surface area contributed by atoms with Gasteiger partial charge in [-0.25, -0.2) is 14.8 Å². The van der Waals surface area contributed by atoms with Crippen molar-refractivity contribution < 1.29 is 9.53 Å². The van der Waals surface area contributed by atoms with Crippen LogP contribution in [-0.2, 0) is 11.3 Å². The molecule has 8 heteroatoms. The number of nitrogens with two attached hydrogens (primary N) is 1. The molecule has 3 rings (SSSR count). The van der Waals surface area contributed by atoms with E-state index in [4.69, 9.17) is 10.5 Å². The summed E-state index contributed by atoms with van der Waals surface area (Å²) >= 11 is 3.37. The molecule has 0 saturated heterocycles. The molecule has 2 heterocycles.